The molecule has 162 valence electrons. The number of benzene rings is 2. The van der Waals surface area contributed by atoms with Crippen LogP contribution in [0.5, 0.6) is 0 Å². The Kier molecular flexibility index (Phi) is 6.88. The zero-order chi connectivity index (χ0) is 22.4. The van der Waals surface area contributed by atoms with E-state index in [9.17, 15) is 18.0 Å². The summed E-state index contributed by atoms with van der Waals surface area (Å²) >= 11 is 0. The minimum absolute atomic E-state index is 0.0456. The van der Waals surface area contributed by atoms with Crippen molar-refractivity contribution in [2.75, 3.05) is 17.2 Å². The number of carbonyl (C=O) groups excluding carboxylic acids is 2. The quantitative estimate of drug-likeness (QED) is 0.495. The smallest absolute Gasteiger partial charge is 0.291 e. The van der Waals surface area contributed by atoms with Gasteiger partial charge in [0.05, 0.1) is 11.2 Å². The average molecular weight is 442 g/mol. The fourth-order valence-corrected chi connectivity index (χ4v) is 3.88. The van der Waals surface area contributed by atoms with Crippen molar-refractivity contribution < 1.29 is 22.4 Å². The summed E-state index contributed by atoms with van der Waals surface area (Å²) < 4.78 is 32.3. The molecule has 0 radical (unpaired) electrons. The first-order chi connectivity index (χ1) is 14.7. The van der Waals surface area contributed by atoms with E-state index in [0.29, 0.717) is 11.4 Å². The number of amides is 2. The monoisotopic (exact) mass is 441 g/mol. The molecule has 0 saturated heterocycles. The molecule has 2 aromatic carbocycles. The highest BCUT2D eigenvalue weighted by Gasteiger charge is 2.15. The predicted octanol–water partition coefficient (Wildman–Crippen LogP) is 3.46. The molecule has 1 heterocycles. The van der Waals surface area contributed by atoms with Gasteiger partial charge in [-0.1, -0.05) is 12.1 Å². The van der Waals surface area contributed by atoms with Gasteiger partial charge in [0.15, 0.2) is 5.76 Å². The molecule has 3 rings (SSSR count). The molecule has 3 aromatic rings. The van der Waals surface area contributed by atoms with Crippen LogP contribution >= 0.6 is 0 Å². The van der Waals surface area contributed by atoms with Gasteiger partial charge in [-0.3, -0.25) is 9.59 Å². The topological polar surface area (TPSA) is 118 Å². The van der Waals surface area contributed by atoms with Gasteiger partial charge in [-0.15, -0.1) is 0 Å². The number of hydrogen-bond acceptors (Lipinski definition) is 5. The van der Waals surface area contributed by atoms with Crippen LogP contribution in [0.2, 0.25) is 0 Å². The summed E-state index contributed by atoms with van der Waals surface area (Å²) in [6, 6.07) is 14.6. The first kappa shape index (κ1) is 22.3. The van der Waals surface area contributed by atoms with Gasteiger partial charge in [0.2, 0.25) is 15.9 Å². The van der Waals surface area contributed by atoms with E-state index in [4.69, 9.17) is 4.42 Å². The van der Waals surface area contributed by atoms with Crippen LogP contribution in [0.4, 0.5) is 11.4 Å². The average Bonchev–Trinajstić information content (AvgIpc) is 3.25. The summed E-state index contributed by atoms with van der Waals surface area (Å²) in [6.45, 7) is 3.70. The standard InChI is InChI=1S/C22H23N3O5S/c1-15-8-9-19(13-16(15)2)31(28,29)23-11-10-21(26)24-17-5-3-6-18(14-17)25-22(27)20-7-4-12-30-20/h3-9,12-14,23H,10-11H2,1-2H3,(H,24,26)(H,25,27). The van der Waals surface area contributed by atoms with E-state index >= 15 is 0 Å². The number of sulfonamides is 1. The van der Waals surface area contributed by atoms with Gasteiger partial charge < -0.3 is 15.1 Å². The molecule has 2 amide bonds. The Morgan fingerprint density at radius 3 is 2.32 bits per heavy atom. The number of carbonyl (C=O) groups is 2. The number of rotatable bonds is 8. The first-order valence-electron chi connectivity index (χ1n) is 9.56. The van der Waals surface area contributed by atoms with E-state index in [-0.39, 0.29) is 29.5 Å². The van der Waals surface area contributed by atoms with E-state index in [0.717, 1.165) is 11.1 Å². The maximum absolute atomic E-state index is 12.4. The molecule has 0 atom stereocenters. The van der Waals surface area contributed by atoms with Crippen molar-refractivity contribution in [2.45, 2.75) is 25.2 Å². The molecule has 8 nitrogen and oxygen atoms in total. The third-order valence-corrected chi connectivity index (χ3v) is 6.04. The van der Waals surface area contributed by atoms with Crippen LogP contribution in [0.3, 0.4) is 0 Å². The second-order valence-electron chi connectivity index (χ2n) is 6.95. The molecular formula is C22H23N3O5S. The van der Waals surface area contributed by atoms with Gasteiger partial charge in [-0.05, 0) is 67.4 Å². The molecule has 3 N–H and O–H groups in total. The lowest BCUT2D eigenvalue weighted by atomic mass is 10.1. The van der Waals surface area contributed by atoms with E-state index in [1.54, 1.807) is 48.5 Å². The minimum atomic E-state index is -3.70. The summed E-state index contributed by atoms with van der Waals surface area (Å²) in [6.07, 6.45) is 1.35. The number of hydrogen-bond donors (Lipinski definition) is 3. The van der Waals surface area contributed by atoms with Crippen LogP contribution in [0.15, 0.2) is 70.2 Å². The van der Waals surface area contributed by atoms with E-state index in [1.807, 2.05) is 13.8 Å². The van der Waals surface area contributed by atoms with Crippen molar-refractivity contribution in [2.24, 2.45) is 0 Å². The Balaban J connectivity index is 1.52. The summed E-state index contributed by atoms with van der Waals surface area (Å²) in [4.78, 5) is 24.4. The Bertz CT molecular complexity index is 1190. The maximum atomic E-state index is 12.4. The highest BCUT2D eigenvalue weighted by molar-refractivity contribution is 7.89. The van der Waals surface area contributed by atoms with Crippen molar-refractivity contribution in [3.63, 3.8) is 0 Å². The van der Waals surface area contributed by atoms with Gasteiger partial charge in [0.25, 0.3) is 5.91 Å². The van der Waals surface area contributed by atoms with Crippen molar-refractivity contribution in [3.8, 4) is 0 Å². The molecule has 0 aliphatic carbocycles. The fourth-order valence-electron chi connectivity index (χ4n) is 2.76. The lowest BCUT2D eigenvalue weighted by Gasteiger charge is -2.10. The van der Waals surface area contributed by atoms with Crippen molar-refractivity contribution in [1.82, 2.24) is 4.72 Å². The zero-order valence-corrected chi connectivity index (χ0v) is 18.0. The second-order valence-corrected chi connectivity index (χ2v) is 8.72. The van der Waals surface area contributed by atoms with Crippen molar-refractivity contribution in [1.29, 1.82) is 0 Å². The molecule has 0 fully saturated rings. The Labute approximate surface area is 180 Å². The maximum Gasteiger partial charge on any atom is 0.291 e. The van der Waals surface area contributed by atoms with E-state index < -0.39 is 15.9 Å². The van der Waals surface area contributed by atoms with Crippen LogP contribution in [-0.4, -0.2) is 26.8 Å². The van der Waals surface area contributed by atoms with Crippen LogP contribution in [0.25, 0.3) is 0 Å². The van der Waals surface area contributed by atoms with Crippen LogP contribution in [0, 0.1) is 13.8 Å². The van der Waals surface area contributed by atoms with Gasteiger partial charge in [-0.2, -0.15) is 0 Å². The summed E-state index contributed by atoms with van der Waals surface area (Å²) in [7, 11) is -3.70. The normalized spacial score (nSPS) is 11.2. The predicted molar refractivity (Wildman–Crippen MR) is 117 cm³/mol. The van der Waals surface area contributed by atoms with Crippen LogP contribution in [0.1, 0.15) is 28.1 Å². The number of aryl methyl sites for hydroxylation is 2. The van der Waals surface area contributed by atoms with Crippen molar-refractivity contribution in [3.05, 3.63) is 77.7 Å². The largest absolute Gasteiger partial charge is 0.459 e. The highest BCUT2D eigenvalue weighted by Crippen LogP contribution is 2.17. The zero-order valence-electron chi connectivity index (χ0n) is 17.1. The molecule has 9 heteroatoms. The van der Waals surface area contributed by atoms with E-state index in [2.05, 4.69) is 15.4 Å². The SMILES string of the molecule is Cc1ccc(S(=O)(=O)NCCC(=O)Nc2cccc(NC(=O)c3ccco3)c2)cc1C. The van der Waals surface area contributed by atoms with E-state index in [1.165, 1.54) is 12.3 Å². The van der Waals surface area contributed by atoms with Gasteiger partial charge in [-0.25, -0.2) is 13.1 Å². The third-order valence-electron chi connectivity index (χ3n) is 4.58. The van der Waals surface area contributed by atoms with Gasteiger partial charge in [0, 0.05) is 24.3 Å². The Morgan fingerprint density at radius 2 is 1.65 bits per heavy atom. The highest BCUT2D eigenvalue weighted by atomic mass is 32.2. The Hall–Kier alpha value is -3.43. The second kappa shape index (κ2) is 9.59. The molecule has 0 aliphatic heterocycles. The number of anilines is 2. The molecule has 0 spiro atoms. The van der Waals surface area contributed by atoms with Crippen LogP contribution in [-0.2, 0) is 14.8 Å². The number of furan rings is 1. The summed E-state index contributed by atoms with van der Waals surface area (Å²) in [5.74, 6) is -0.600. The molecule has 1 aromatic heterocycles. The Morgan fingerprint density at radius 1 is 0.903 bits per heavy atom. The fraction of sp³-hybridized carbons (Fsp3) is 0.182. The summed E-state index contributed by atoms with van der Waals surface area (Å²) in [5, 5.41) is 5.36. The summed E-state index contributed by atoms with van der Waals surface area (Å²) in [5.41, 5.74) is 2.83. The molecule has 0 aliphatic rings. The lowest BCUT2D eigenvalue weighted by Crippen LogP contribution is -2.28. The molecule has 31 heavy (non-hydrogen) atoms. The van der Waals surface area contributed by atoms with Gasteiger partial charge in [0.1, 0.15) is 0 Å². The molecular weight excluding hydrogens is 418 g/mol. The van der Waals surface area contributed by atoms with Gasteiger partial charge >= 0.3 is 0 Å². The third kappa shape index (κ3) is 6.03. The van der Waals surface area contributed by atoms with Crippen LogP contribution < -0.4 is 15.4 Å². The number of nitrogens with one attached hydrogen (secondary N) is 3. The molecule has 0 saturated carbocycles. The molecule has 0 unspecified atom stereocenters. The molecule has 0 bridgehead atoms. The van der Waals surface area contributed by atoms with Crippen molar-refractivity contribution >= 4 is 33.2 Å². The lowest BCUT2D eigenvalue weighted by molar-refractivity contribution is -0.116. The first-order valence-corrected chi connectivity index (χ1v) is 11.0. The minimum Gasteiger partial charge on any atom is -0.459 e.